The topological polar surface area (TPSA) is 12.0 Å². The number of hydrogen-bond donors (Lipinski definition) is 1. The Labute approximate surface area is 96.8 Å². The van der Waals surface area contributed by atoms with Crippen molar-refractivity contribution < 1.29 is 17.6 Å². The zero-order valence-corrected chi connectivity index (χ0v) is 9.31. The summed E-state index contributed by atoms with van der Waals surface area (Å²) in [5, 5.41) is 3.14. The predicted molar refractivity (Wildman–Crippen MR) is 56.0 cm³/mol. The van der Waals surface area contributed by atoms with E-state index in [0.29, 0.717) is 17.7 Å². The lowest BCUT2D eigenvalue weighted by molar-refractivity contribution is -0.137. The maximum absolute atomic E-state index is 13.1. The van der Waals surface area contributed by atoms with E-state index < -0.39 is 17.6 Å². The van der Waals surface area contributed by atoms with E-state index in [-0.39, 0.29) is 6.04 Å². The molecule has 2 rings (SSSR count). The van der Waals surface area contributed by atoms with Gasteiger partial charge >= 0.3 is 6.18 Å². The fourth-order valence-electron chi connectivity index (χ4n) is 1.73. The number of benzene rings is 1. The zero-order chi connectivity index (χ0) is 12.6. The van der Waals surface area contributed by atoms with Crippen LogP contribution < -0.4 is 5.32 Å². The van der Waals surface area contributed by atoms with Crippen LogP contribution in [0.3, 0.4) is 0 Å². The van der Waals surface area contributed by atoms with Crippen molar-refractivity contribution in [2.45, 2.75) is 38.0 Å². The molecule has 1 fully saturated rings. The average molecular weight is 247 g/mol. The van der Waals surface area contributed by atoms with Crippen LogP contribution in [0, 0.1) is 5.82 Å². The fourth-order valence-corrected chi connectivity index (χ4v) is 1.73. The van der Waals surface area contributed by atoms with E-state index in [2.05, 4.69) is 5.32 Å². The van der Waals surface area contributed by atoms with E-state index in [1.54, 1.807) is 6.92 Å². The van der Waals surface area contributed by atoms with Crippen molar-refractivity contribution in [1.29, 1.82) is 0 Å². The summed E-state index contributed by atoms with van der Waals surface area (Å²) in [6.07, 6.45) is -2.44. The molecule has 1 aromatic rings. The van der Waals surface area contributed by atoms with Gasteiger partial charge in [0.15, 0.2) is 0 Å². The third-order valence-electron chi connectivity index (χ3n) is 2.81. The van der Waals surface area contributed by atoms with E-state index in [0.717, 1.165) is 25.0 Å². The van der Waals surface area contributed by atoms with E-state index in [1.165, 1.54) is 0 Å². The summed E-state index contributed by atoms with van der Waals surface area (Å²) in [7, 11) is 0. The third-order valence-corrected chi connectivity index (χ3v) is 2.81. The molecular formula is C12H13F4N. The van der Waals surface area contributed by atoms with Gasteiger partial charge in [0.25, 0.3) is 0 Å². The Balaban J connectivity index is 2.23. The summed E-state index contributed by atoms with van der Waals surface area (Å²) in [5.41, 5.74) is -0.596. The quantitative estimate of drug-likeness (QED) is 0.804. The van der Waals surface area contributed by atoms with Crippen LogP contribution in [0.25, 0.3) is 0 Å². The maximum Gasteiger partial charge on any atom is 0.416 e. The Kier molecular flexibility index (Phi) is 3.12. The molecule has 1 nitrogen and oxygen atoms in total. The molecular weight excluding hydrogens is 234 g/mol. The van der Waals surface area contributed by atoms with Crippen molar-refractivity contribution in [1.82, 2.24) is 5.32 Å². The van der Waals surface area contributed by atoms with E-state index in [1.807, 2.05) is 0 Å². The third kappa shape index (κ3) is 3.19. The highest BCUT2D eigenvalue weighted by atomic mass is 19.4. The van der Waals surface area contributed by atoms with Gasteiger partial charge in [-0.1, -0.05) is 0 Å². The molecule has 0 aromatic heterocycles. The molecule has 94 valence electrons. The lowest BCUT2D eigenvalue weighted by atomic mass is 10.0. The van der Waals surface area contributed by atoms with E-state index in [4.69, 9.17) is 0 Å². The van der Waals surface area contributed by atoms with E-state index in [9.17, 15) is 17.6 Å². The van der Waals surface area contributed by atoms with Crippen molar-refractivity contribution in [3.63, 3.8) is 0 Å². The molecule has 1 unspecified atom stereocenters. The van der Waals surface area contributed by atoms with Crippen LogP contribution >= 0.6 is 0 Å². The molecule has 0 spiro atoms. The molecule has 1 atom stereocenters. The highest BCUT2D eigenvalue weighted by Gasteiger charge is 2.32. The molecule has 1 N–H and O–H groups in total. The number of alkyl halides is 3. The molecule has 0 saturated heterocycles. The van der Waals surface area contributed by atoms with Crippen molar-refractivity contribution in [2.24, 2.45) is 0 Å². The smallest absolute Gasteiger partial charge is 0.307 e. The van der Waals surface area contributed by atoms with Gasteiger partial charge in [0, 0.05) is 12.1 Å². The summed E-state index contributed by atoms with van der Waals surface area (Å²) in [6, 6.07) is 2.77. The molecule has 17 heavy (non-hydrogen) atoms. The molecule has 0 aliphatic heterocycles. The van der Waals surface area contributed by atoms with Crippen molar-refractivity contribution in [3.8, 4) is 0 Å². The van der Waals surface area contributed by atoms with Gasteiger partial charge in [-0.15, -0.1) is 0 Å². The first-order valence-corrected chi connectivity index (χ1v) is 5.50. The minimum absolute atomic E-state index is 0.265. The van der Waals surface area contributed by atoms with Gasteiger partial charge in [0.05, 0.1) is 5.56 Å². The predicted octanol–water partition coefficient (Wildman–Crippen LogP) is 3.66. The number of rotatable bonds is 3. The van der Waals surface area contributed by atoms with Crippen LogP contribution in [0.2, 0.25) is 0 Å². The highest BCUT2D eigenvalue weighted by Crippen LogP contribution is 2.32. The van der Waals surface area contributed by atoms with E-state index >= 15 is 0 Å². The Morgan fingerprint density at radius 3 is 2.41 bits per heavy atom. The van der Waals surface area contributed by atoms with Gasteiger partial charge < -0.3 is 5.32 Å². The fraction of sp³-hybridized carbons (Fsp3) is 0.500. The summed E-state index contributed by atoms with van der Waals surface area (Å²) in [6.45, 7) is 1.74. The molecule has 0 heterocycles. The first-order chi connectivity index (χ1) is 7.86. The average Bonchev–Trinajstić information content (AvgIpc) is 2.99. The normalized spacial score (nSPS) is 18.2. The van der Waals surface area contributed by atoms with Gasteiger partial charge in [0.2, 0.25) is 0 Å². The number of hydrogen-bond acceptors (Lipinski definition) is 1. The molecule has 1 saturated carbocycles. The number of nitrogens with one attached hydrogen (secondary N) is 1. The van der Waals surface area contributed by atoms with Crippen LogP contribution in [0.5, 0.6) is 0 Å². The van der Waals surface area contributed by atoms with Crippen molar-refractivity contribution in [3.05, 3.63) is 35.1 Å². The van der Waals surface area contributed by atoms with Gasteiger partial charge in [-0.05, 0) is 43.5 Å². The van der Waals surface area contributed by atoms with Gasteiger partial charge in [-0.2, -0.15) is 13.2 Å². The highest BCUT2D eigenvalue weighted by molar-refractivity contribution is 5.29. The van der Waals surface area contributed by atoms with Crippen molar-refractivity contribution >= 4 is 0 Å². The first kappa shape index (κ1) is 12.4. The van der Waals surface area contributed by atoms with Gasteiger partial charge in [-0.3, -0.25) is 0 Å². The molecule has 1 aliphatic rings. The molecule has 1 aliphatic carbocycles. The summed E-state index contributed by atoms with van der Waals surface area (Å²) >= 11 is 0. The second kappa shape index (κ2) is 4.29. The zero-order valence-electron chi connectivity index (χ0n) is 9.31. The molecule has 0 bridgehead atoms. The Morgan fingerprint density at radius 2 is 1.88 bits per heavy atom. The Morgan fingerprint density at radius 1 is 1.24 bits per heavy atom. The van der Waals surface area contributed by atoms with Crippen LogP contribution in [-0.4, -0.2) is 6.04 Å². The largest absolute Gasteiger partial charge is 0.416 e. The summed E-state index contributed by atoms with van der Waals surface area (Å²) in [5.74, 6) is -0.848. The number of halogens is 4. The second-order valence-electron chi connectivity index (χ2n) is 4.43. The summed E-state index contributed by atoms with van der Waals surface area (Å²) in [4.78, 5) is 0. The molecule has 0 radical (unpaired) electrons. The molecule has 0 amide bonds. The van der Waals surface area contributed by atoms with Gasteiger partial charge in [0.1, 0.15) is 5.82 Å². The monoisotopic (exact) mass is 247 g/mol. The maximum atomic E-state index is 13.1. The minimum atomic E-state index is -4.50. The van der Waals surface area contributed by atoms with Crippen molar-refractivity contribution in [2.75, 3.05) is 0 Å². The van der Waals surface area contributed by atoms with Crippen LogP contribution in [0.4, 0.5) is 17.6 Å². The van der Waals surface area contributed by atoms with Gasteiger partial charge in [-0.25, -0.2) is 4.39 Å². The van der Waals surface area contributed by atoms with Crippen LogP contribution in [0.1, 0.15) is 36.9 Å². The lowest BCUT2D eigenvalue weighted by Gasteiger charge is -2.16. The first-order valence-electron chi connectivity index (χ1n) is 5.50. The molecule has 5 heteroatoms. The SMILES string of the molecule is CC(NC1CC1)c1cc(F)cc(C(F)(F)F)c1. The van der Waals surface area contributed by atoms with Crippen LogP contribution in [-0.2, 0) is 6.18 Å². The second-order valence-corrected chi connectivity index (χ2v) is 4.43. The standard InChI is InChI=1S/C12H13F4N/c1-7(17-11-2-3-11)8-4-9(12(14,15)16)6-10(13)5-8/h4-7,11,17H,2-3H2,1H3. The Hall–Kier alpha value is -1.10. The summed E-state index contributed by atoms with van der Waals surface area (Å²) < 4.78 is 50.6. The minimum Gasteiger partial charge on any atom is -0.307 e. The molecule has 1 aromatic carbocycles. The van der Waals surface area contributed by atoms with Crippen LogP contribution in [0.15, 0.2) is 18.2 Å². The Bertz CT molecular complexity index is 409. The lowest BCUT2D eigenvalue weighted by Crippen LogP contribution is -2.21.